The van der Waals surface area contributed by atoms with Crippen LogP contribution in [0.15, 0.2) is 18.2 Å². The minimum Gasteiger partial charge on any atom is -0.350 e. The molecular weight excluding hydrogens is 371 g/mol. The van der Waals surface area contributed by atoms with Crippen molar-refractivity contribution in [3.8, 4) is 0 Å². The molecule has 6 nitrogen and oxygen atoms in total. The molecule has 0 fully saturated rings. The van der Waals surface area contributed by atoms with Crippen molar-refractivity contribution in [1.82, 2.24) is 14.9 Å². The highest BCUT2D eigenvalue weighted by molar-refractivity contribution is 6.31. The summed E-state index contributed by atoms with van der Waals surface area (Å²) in [5, 5.41) is 5.46. The number of anilines is 1. The Morgan fingerprint density at radius 3 is 2.78 bits per heavy atom. The van der Waals surface area contributed by atoms with Gasteiger partial charge in [0, 0.05) is 18.8 Å². The maximum atomic E-state index is 13.3. The number of amides is 2. The van der Waals surface area contributed by atoms with Crippen LogP contribution in [0.1, 0.15) is 53.5 Å². The lowest BCUT2D eigenvalue weighted by molar-refractivity contribution is 0.0943. The Hall–Kier alpha value is -2.41. The largest absolute Gasteiger partial charge is 0.350 e. The Morgan fingerprint density at radius 1 is 1.30 bits per heavy atom. The van der Waals surface area contributed by atoms with Gasteiger partial charge in [-0.2, -0.15) is 0 Å². The van der Waals surface area contributed by atoms with E-state index in [1.165, 1.54) is 18.2 Å². The molecule has 0 atom stereocenters. The van der Waals surface area contributed by atoms with Gasteiger partial charge in [-0.3, -0.25) is 9.59 Å². The fourth-order valence-electron chi connectivity index (χ4n) is 3.04. The van der Waals surface area contributed by atoms with Crippen molar-refractivity contribution in [2.75, 3.05) is 11.9 Å². The van der Waals surface area contributed by atoms with Gasteiger partial charge in [0.05, 0.1) is 10.7 Å². The predicted octanol–water partition coefficient (Wildman–Crippen LogP) is 3.65. The minimum absolute atomic E-state index is 0.0771. The van der Waals surface area contributed by atoms with Gasteiger partial charge in [0.25, 0.3) is 11.8 Å². The van der Waals surface area contributed by atoms with Crippen LogP contribution in [0.3, 0.4) is 0 Å². The highest BCUT2D eigenvalue weighted by Crippen LogP contribution is 2.23. The van der Waals surface area contributed by atoms with E-state index < -0.39 is 11.7 Å². The lowest BCUT2D eigenvalue weighted by Crippen LogP contribution is -2.29. The molecule has 0 saturated heterocycles. The standard InChI is InChI=1S/C19H22ClFN4O2/c1-11(2)10-22-18(26)16-15-5-3-4-8-25(15)17(24-16)19(27)23-12-6-7-14(21)13(20)9-12/h6-7,9,11H,3-5,8,10H2,1-2H3,(H,22,26)(H,23,27). The molecule has 1 aliphatic rings. The summed E-state index contributed by atoms with van der Waals surface area (Å²) in [6, 6.07) is 3.95. The van der Waals surface area contributed by atoms with Crippen molar-refractivity contribution >= 4 is 29.1 Å². The monoisotopic (exact) mass is 392 g/mol. The van der Waals surface area contributed by atoms with Gasteiger partial charge in [-0.1, -0.05) is 25.4 Å². The molecule has 0 saturated carbocycles. The molecule has 2 heterocycles. The lowest BCUT2D eigenvalue weighted by Gasteiger charge is -2.17. The van der Waals surface area contributed by atoms with Gasteiger partial charge in [0.2, 0.25) is 0 Å². The Kier molecular flexibility index (Phi) is 5.79. The molecule has 1 aliphatic heterocycles. The molecule has 0 spiro atoms. The topological polar surface area (TPSA) is 76.0 Å². The van der Waals surface area contributed by atoms with E-state index in [0.29, 0.717) is 36.8 Å². The lowest BCUT2D eigenvalue weighted by atomic mass is 10.1. The number of hydrogen-bond acceptors (Lipinski definition) is 3. The number of hydrogen-bond donors (Lipinski definition) is 2. The van der Waals surface area contributed by atoms with Crippen LogP contribution in [-0.4, -0.2) is 27.9 Å². The molecule has 144 valence electrons. The molecular formula is C19H22ClFN4O2. The van der Waals surface area contributed by atoms with Crippen LogP contribution in [-0.2, 0) is 13.0 Å². The second-order valence-corrected chi connectivity index (χ2v) is 7.43. The number of rotatable bonds is 5. The van der Waals surface area contributed by atoms with E-state index >= 15 is 0 Å². The van der Waals surface area contributed by atoms with E-state index in [-0.39, 0.29) is 16.8 Å². The Balaban J connectivity index is 1.87. The zero-order valence-electron chi connectivity index (χ0n) is 15.3. The Bertz CT molecular complexity index is 879. The number of nitrogens with one attached hydrogen (secondary N) is 2. The number of benzene rings is 1. The van der Waals surface area contributed by atoms with Crippen molar-refractivity contribution in [1.29, 1.82) is 0 Å². The molecule has 0 radical (unpaired) electrons. The first-order valence-electron chi connectivity index (χ1n) is 9.00. The summed E-state index contributed by atoms with van der Waals surface area (Å²) in [5.74, 6) is -0.780. The molecule has 3 rings (SSSR count). The van der Waals surface area contributed by atoms with E-state index in [2.05, 4.69) is 15.6 Å². The average molecular weight is 393 g/mol. The normalized spacial score (nSPS) is 13.4. The third-order valence-electron chi connectivity index (χ3n) is 4.38. The molecule has 0 unspecified atom stereocenters. The van der Waals surface area contributed by atoms with Crippen molar-refractivity contribution in [3.05, 3.63) is 46.3 Å². The van der Waals surface area contributed by atoms with Crippen LogP contribution in [0.5, 0.6) is 0 Å². The SMILES string of the molecule is CC(C)CNC(=O)c1nc(C(=O)Nc2ccc(F)c(Cl)c2)n2c1CCCC2. The van der Waals surface area contributed by atoms with E-state index in [4.69, 9.17) is 11.6 Å². The first-order chi connectivity index (χ1) is 12.9. The van der Waals surface area contributed by atoms with Crippen molar-refractivity contribution in [2.24, 2.45) is 5.92 Å². The quantitative estimate of drug-likeness (QED) is 0.815. The number of nitrogens with zero attached hydrogens (tertiary/aromatic N) is 2. The number of carbonyl (C=O) groups excluding carboxylic acids is 2. The zero-order valence-corrected chi connectivity index (χ0v) is 16.1. The highest BCUT2D eigenvalue weighted by atomic mass is 35.5. The summed E-state index contributed by atoms with van der Waals surface area (Å²) in [5.41, 5.74) is 1.45. The first-order valence-corrected chi connectivity index (χ1v) is 9.38. The molecule has 0 aliphatic carbocycles. The second-order valence-electron chi connectivity index (χ2n) is 7.03. The summed E-state index contributed by atoms with van der Waals surface area (Å²) in [7, 11) is 0. The van der Waals surface area contributed by atoms with Crippen LogP contribution in [0.4, 0.5) is 10.1 Å². The van der Waals surface area contributed by atoms with E-state index in [9.17, 15) is 14.0 Å². The molecule has 2 aromatic rings. The fourth-order valence-corrected chi connectivity index (χ4v) is 3.22. The third-order valence-corrected chi connectivity index (χ3v) is 4.67. The summed E-state index contributed by atoms with van der Waals surface area (Å²) in [6.45, 7) is 5.19. The molecule has 1 aromatic heterocycles. The van der Waals surface area contributed by atoms with Crippen LogP contribution >= 0.6 is 11.6 Å². The van der Waals surface area contributed by atoms with Crippen molar-refractivity contribution in [2.45, 2.75) is 39.7 Å². The van der Waals surface area contributed by atoms with Crippen molar-refractivity contribution in [3.63, 3.8) is 0 Å². The van der Waals surface area contributed by atoms with E-state index in [1.54, 1.807) is 4.57 Å². The van der Waals surface area contributed by atoms with Crippen LogP contribution in [0, 0.1) is 11.7 Å². The molecule has 0 bridgehead atoms. The number of halogens is 2. The van der Waals surface area contributed by atoms with Gasteiger partial charge >= 0.3 is 0 Å². The van der Waals surface area contributed by atoms with Gasteiger partial charge in [0.15, 0.2) is 5.82 Å². The number of carbonyl (C=O) groups is 2. The Morgan fingerprint density at radius 2 is 2.07 bits per heavy atom. The summed E-state index contributed by atoms with van der Waals surface area (Å²) < 4.78 is 15.1. The van der Waals surface area contributed by atoms with Crippen molar-refractivity contribution < 1.29 is 14.0 Å². The second kappa shape index (κ2) is 8.08. The maximum absolute atomic E-state index is 13.3. The number of imidazole rings is 1. The van der Waals surface area contributed by atoms with E-state index in [0.717, 1.165) is 18.5 Å². The summed E-state index contributed by atoms with van der Waals surface area (Å²) in [4.78, 5) is 29.6. The highest BCUT2D eigenvalue weighted by Gasteiger charge is 2.27. The van der Waals surface area contributed by atoms with Gasteiger partial charge in [0.1, 0.15) is 11.5 Å². The fraction of sp³-hybridized carbons (Fsp3) is 0.421. The van der Waals surface area contributed by atoms with Crippen LogP contribution < -0.4 is 10.6 Å². The maximum Gasteiger partial charge on any atom is 0.291 e. The molecule has 8 heteroatoms. The predicted molar refractivity (Wildman–Crippen MR) is 102 cm³/mol. The minimum atomic E-state index is -0.558. The van der Waals surface area contributed by atoms with Crippen LogP contribution in [0.2, 0.25) is 5.02 Å². The number of fused-ring (bicyclic) bond motifs is 1. The van der Waals surface area contributed by atoms with Gasteiger partial charge < -0.3 is 15.2 Å². The smallest absolute Gasteiger partial charge is 0.291 e. The van der Waals surface area contributed by atoms with Gasteiger partial charge in [-0.25, -0.2) is 9.37 Å². The molecule has 2 N–H and O–H groups in total. The molecule has 1 aromatic carbocycles. The summed E-state index contributed by atoms with van der Waals surface area (Å²) in [6.07, 6.45) is 2.57. The van der Waals surface area contributed by atoms with Gasteiger partial charge in [-0.15, -0.1) is 0 Å². The average Bonchev–Trinajstić information content (AvgIpc) is 3.02. The zero-order chi connectivity index (χ0) is 19.6. The first kappa shape index (κ1) is 19.4. The summed E-state index contributed by atoms with van der Waals surface area (Å²) >= 11 is 5.76. The van der Waals surface area contributed by atoms with Gasteiger partial charge in [-0.05, 0) is 43.4 Å². The molecule has 27 heavy (non-hydrogen) atoms. The Labute approximate surface area is 162 Å². The van der Waals surface area contributed by atoms with Crippen LogP contribution in [0.25, 0.3) is 0 Å². The number of aromatic nitrogens is 2. The van der Waals surface area contributed by atoms with E-state index in [1.807, 2.05) is 13.8 Å². The molecule has 2 amide bonds. The third kappa shape index (κ3) is 4.30.